The molecule has 4 heteroatoms. The van der Waals surface area contributed by atoms with Gasteiger partial charge in [-0.1, -0.05) is 18.2 Å². The van der Waals surface area contributed by atoms with Gasteiger partial charge in [-0.3, -0.25) is 4.98 Å². The van der Waals surface area contributed by atoms with Crippen LogP contribution in [-0.4, -0.2) is 12.0 Å². The van der Waals surface area contributed by atoms with Crippen molar-refractivity contribution in [2.45, 2.75) is 0 Å². The maximum absolute atomic E-state index is 4.29. The molecule has 0 bridgehead atoms. The Balaban J connectivity index is 0.000000845. The lowest BCUT2D eigenvalue weighted by Gasteiger charge is -2.02. The van der Waals surface area contributed by atoms with Crippen LogP contribution in [0.15, 0.2) is 36.5 Å². The number of hydrogen-bond acceptors (Lipinski definition) is 2. The summed E-state index contributed by atoms with van der Waals surface area (Å²) in [4.78, 5) is 4.29. The number of pyridine rings is 1. The van der Waals surface area contributed by atoms with Crippen LogP contribution < -0.4 is 5.32 Å². The highest BCUT2D eigenvalue weighted by Gasteiger charge is 1.96. The largest absolute Gasteiger partial charge is 0.386 e. The number of fused-ring (bicyclic) bond motifs is 1. The van der Waals surface area contributed by atoms with Crippen LogP contribution in [0.1, 0.15) is 0 Å². The lowest BCUT2D eigenvalue weighted by atomic mass is 10.2. The molecule has 76 valence electrons. The smallest absolute Gasteiger partial charge is 0.0933 e. The summed E-state index contributed by atoms with van der Waals surface area (Å²) in [6, 6.07) is 10.1. The Morgan fingerprint density at radius 3 is 2.50 bits per heavy atom. The fourth-order valence-electron chi connectivity index (χ4n) is 1.31. The van der Waals surface area contributed by atoms with Gasteiger partial charge in [0.2, 0.25) is 0 Å². The van der Waals surface area contributed by atoms with Gasteiger partial charge in [0, 0.05) is 18.6 Å². The third-order valence-corrected chi connectivity index (χ3v) is 1.90. The fraction of sp³-hybridized carbons (Fsp3) is 0.100. The maximum Gasteiger partial charge on any atom is 0.0933 e. The number of hydrogen-bond donors (Lipinski definition) is 1. The van der Waals surface area contributed by atoms with Crippen LogP contribution in [0.3, 0.4) is 0 Å². The number of rotatable bonds is 1. The molecule has 2 rings (SSSR count). The third-order valence-electron chi connectivity index (χ3n) is 1.90. The second-order valence-electron chi connectivity index (χ2n) is 2.63. The maximum atomic E-state index is 4.29. The second-order valence-corrected chi connectivity index (χ2v) is 2.63. The van der Waals surface area contributed by atoms with Gasteiger partial charge in [-0.25, -0.2) is 0 Å². The Morgan fingerprint density at radius 2 is 1.79 bits per heavy atom. The summed E-state index contributed by atoms with van der Waals surface area (Å²) in [6.45, 7) is 0. The Kier molecular flexibility index (Phi) is 6.34. The first-order valence-corrected chi connectivity index (χ1v) is 3.93. The van der Waals surface area contributed by atoms with Gasteiger partial charge >= 0.3 is 0 Å². The summed E-state index contributed by atoms with van der Waals surface area (Å²) in [7, 11) is 1.91. The molecule has 0 radical (unpaired) electrons. The van der Waals surface area contributed by atoms with Gasteiger partial charge in [0.25, 0.3) is 0 Å². The first kappa shape index (κ1) is 13.9. The highest BCUT2D eigenvalue weighted by atomic mass is 127. The molecule has 2 nitrogen and oxygen atoms in total. The first-order chi connectivity index (χ1) is 5.92. The molecular weight excluding hydrogens is 402 g/mol. The number of anilines is 1. The van der Waals surface area contributed by atoms with Crippen molar-refractivity contribution in [1.29, 1.82) is 0 Å². The van der Waals surface area contributed by atoms with E-state index in [0.717, 1.165) is 11.2 Å². The normalized spacial score (nSPS) is 8.64. The molecule has 1 N–H and O–H groups in total. The van der Waals surface area contributed by atoms with Crippen LogP contribution in [0.4, 0.5) is 5.69 Å². The van der Waals surface area contributed by atoms with Crippen LogP contribution in [0, 0.1) is 0 Å². The molecule has 14 heavy (non-hydrogen) atoms. The second kappa shape index (κ2) is 6.39. The first-order valence-electron chi connectivity index (χ1n) is 3.93. The zero-order chi connectivity index (χ0) is 8.39. The van der Waals surface area contributed by atoms with Crippen LogP contribution in [0.25, 0.3) is 10.9 Å². The number of aromatic nitrogens is 1. The molecule has 0 fully saturated rings. The van der Waals surface area contributed by atoms with Crippen molar-refractivity contribution in [3.8, 4) is 0 Å². The standard InChI is InChI=1S/C10H10N2.2HI/c1-11-9-6-2-4-8-5-3-7-12-10(8)9;;/h2-7,11H,1H3;2*1H. The van der Waals surface area contributed by atoms with Crippen molar-refractivity contribution in [1.82, 2.24) is 4.98 Å². The number of benzene rings is 1. The van der Waals surface area contributed by atoms with Crippen molar-refractivity contribution in [2.24, 2.45) is 0 Å². The van der Waals surface area contributed by atoms with E-state index >= 15 is 0 Å². The molecule has 0 saturated carbocycles. The van der Waals surface area contributed by atoms with E-state index in [9.17, 15) is 0 Å². The van der Waals surface area contributed by atoms with E-state index in [2.05, 4.69) is 22.4 Å². The summed E-state index contributed by atoms with van der Waals surface area (Å²) >= 11 is 0. The van der Waals surface area contributed by atoms with Gasteiger partial charge in [-0.2, -0.15) is 0 Å². The Labute approximate surface area is 118 Å². The predicted octanol–water partition coefficient (Wildman–Crippen LogP) is 3.51. The average Bonchev–Trinajstić information content (AvgIpc) is 2.17. The predicted molar refractivity (Wildman–Crippen MR) is 82.1 cm³/mol. The summed E-state index contributed by atoms with van der Waals surface area (Å²) in [5.74, 6) is 0. The average molecular weight is 414 g/mol. The lowest BCUT2D eigenvalue weighted by molar-refractivity contribution is 1.39. The Morgan fingerprint density at radius 1 is 1.07 bits per heavy atom. The molecule has 1 aromatic carbocycles. The molecule has 0 atom stereocenters. The number of nitrogens with one attached hydrogen (secondary N) is 1. The van der Waals surface area contributed by atoms with E-state index in [-0.39, 0.29) is 48.0 Å². The third kappa shape index (κ3) is 2.69. The molecule has 1 aromatic heterocycles. The highest BCUT2D eigenvalue weighted by Crippen LogP contribution is 2.19. The zero-order valence-electron chi connectivity index (χ0n) is 7.73. The van der Waals surface area contributed by atoms with Crippen molar-refractivity contribution >= 4 is 64.5 Å². The molecule has 0 aliphatic heterocycles. The van der Waals surface area contributed by atoms with E-state index in [1.54, 1.807) is 0 Å². The van der Waals surface area contributed by atoms with Crippen LogP contribution in [0.5, 0.6) is 0 Å². The highest BCUT2D eigenvalue weighted by molar-refractivity contribution is 14.0. The SMILES string of the molecule is CNc1cccc2cccnc12.I.I. The molecule has 1 heterocycles. The van der Waals surface area contributed by atoms with Gasteiger partial charge in [-0.05, 0) is 12.1 Å². The topological polar surface area (TPSA) is 24.9 Å². The zero-order valence-corrected chi connectivity index (χ0v) is 12.4. The minimum atomic E-state index is 0. The minimum Gasteiger partial charge on any atom is -0.386 e. The number of halogens is 2. The van der Waals surface area contributed by atoms with Crippen molar-refractivity contribution < 1.29 is 0 Å². The molecule has 0 amide bonds. The van der Waals surface area contributed by atoms with Gasteiger partial charge in [-0.15, -0.1) is 48.0 Å². The molecule has 0 saturated heterocycles. The van der Waals surface area contributed by atoms with E-state index in [1.807, 2.05) is 31.4 Å². The molecule has 2 aromatic rings. The Hall–Kier alpha value is -0.110. The quantitative estimate of drug-likeness (QED) is 0.723. The Bertz CT molecular complexity index is 399. The van der Waals surface area contributed by atoms with Crippen molar-refractivity contribution in [2.75, 3.05) is 12.4 Å². The lowest BCUT2D eigenvalue weighted by Crippen LogP contribution is -1.90. The molecule has 0 aliphatic carbocycles. The van der Waals surface area contributed by atoms with E-state index in [4.69, 9.17) is 0 Å². The van der Waals surface area contributed by atoms with Crippen molar-refractivity contribution in [3.63, 3.8) is 0 Å². The van der Waals surface area contributed by atoms with E-state index in [0.29, 0.717) is 0 Å². The van der Waals surface area contributed by atoms with Crippen molar-refractivity contribution in [3.05, 3.63) is 36.5 Å². The van der Waals surface area contributed by atoms with E-state index < -0.39 is 0 Å². The number of para-hydroxylation sites is 1. The molecule has 0 aliphatic rings. The van der Waals surface area contributed by atoms with Gasteiger partial charge in [0.15, 0.2) is 0 Å². The summed E-state index contributed by atoms with van der Waals surface area (Å²) in [6.07, 6.45) is 1.81. The molecule has 0 unspecified atom stereocenters. The molecule has 0 spiro atoms. The summed E-state index contributed by atoms with van der Waals surface area (Å²) in [5.41, 5.74) is 2.11. The van der Waals surface area contributed by atoms with Gasteiger partial charge in [0.1, 0.15) is 0 Å². The summed E-state index contributed by atoms with van der Waals surface area (Å²) in [5, 5.41) is 4.28. The van der Waals surface area contributed by atoms with Crippen LogP contribution in [-0.2, 0) is 0 Å². The van der Waals surface area contributed by atoms with Gasteiger partial charge < -0.3 is 5.32 Å². The van der Waals surface area contributed by atoms with E-state index in [1.165, 1.54) is 5.39 Å². The monoisotopic (exact) mass is 414 g/mol. The van der Waals surface area contributed by atoms with Crippen LogP contribution >= 0.6 is 48.0 Å². The summed E-state index contributed by atoms with van der Waals surface area (Å²) < 4.78 is 0. The van der Waals surface area contributed by atoms with Crippen LogP contribution in [0.2, 0.25) is 0 Å². The fourth-order valence-corrected chi connectivity index (χ4v) is 1.31. The molecular formula is C10H12I2N2. The number of nitrogens with zero attached hydrogens (tertiary/aromatic N) is 1. The minimum absolute atomic E-state index is 0. The van der Waals surface area contributed by atoms with Gasteiger partial charge in [0.05, 0.1) is 11.2 Å².